The lowest BCUT2D eigenvalue weighted by Crippen LogP contribution is -2.33. The van der Waals surface area contributed by atoms with Gasteiger partial charge in [0.05, 0.1) is 10.6 Å². The van der Waals surface area contributed by atoms with Gasteiger partial charge >= 0.3 is 5.69 Å². The number of benzene rings is 1. The number of anilines is 1. The quantitative estimate of drug-likeness (QED) is 0.649. The molecule has 2 heterocycles. The molecule has 1 N–H and O–H groups in total. The van der Waals surface area contributed by atoms with Crippen LogP contribution in [-0.4, -0.2) is 41.4 Å². The molecule has 0 bridgehead atoms. The third-order valence-electron chi connectivity index (χ3n) is 3.53. The summed E-state index contributed by atoms with van der Waals surface area (Å²) in [6, 6.07) is 3.49. The number of hydrogen-bond donors (Lipinski definition) is 1. The third kappa shape index (κ3) is 1.89. The highest BCUT2D eigenvalue weighted by Crippen LogP contribution is 2.31. The number of nitrogens with zero attached hydrogens (tertiary/aromatic N) is 4. The number of hydrogen-bond acceptors (Lipinski definition) is 7. The van der Waals surface area contributed by atoms with Crippen LogP contribution in [-0.2, 0) is 0 Å². The third-order valence-corrected chi connectivity index (χ3v) is 3.53. The highest BCUT2D eigenvalue weighted by atomic mass is 16.6. The van der Waals surface area contributed by atoms with Gasteiger partial charge in [0.1, 0.15) is 0 Å². The van der Waals surface area contributed by atoms with Gasteiger partial charge in [0.15, 0.2) is 5.52 Å². The summed E-state index contributed by atoms with van der Waals surface area (Å²) in [5, 5.41) is 21.6. The highest BCUT2D eigenvalue weighted by Gasteiger charge is 2.25. The minimum atomic E-state index is -0.479. The van der Waals surface area contributed by atoms with Gasteiger partial charge < -0.3 is 10.2 Å². The summed E-state index contributed by atoms with van der Waals surface area (Å²) in [7, 11) is 1.95. The van der Waals surface area contributed by atoms with Crippen molar-refractivity contribution in [3.05, 3.63) is 22.2 Å². The summed E-state index contributed by atoms with van der Waals surface area (Å²) in [4.78, 5) is 12.5. The first kappa shape index (κ1) is 11.8. The Hall–Kier alpha value is -2.22. The summed E-state index contributed by atoms with van der Waals surface area (Å²) >= 11 is 0. The Bertz CT molecular complexity index is 620. The van der Waals surface area contributed by atoms with Crippen LogP contribution in [0.4, 0.5) is 11.4 Å². The second kappa shape index (κ2) is 4.47. The predicted octanol–water partition coefficient (Wildman–Crippen LogP) is 0.929. The highest BCUT2D eigenvalue weighted by molar-refractivity contribution is 5.93. The molecule has 0 radical (unpaired) electrons. The molecule has 1 fully saturated rings. The van der Waals surface area contributed by atoms with Crippen molar-refractivity contribution in [1.29, 1.82) is 0 Å². The maximum Gasteiger partial charge on any atom is 0.300 e. The van der Waals surface area contributed by atoms with E-state index in [1.807, 2.05) is 7.05 Å². The van der Waals surface area contributed by atoms with Crippen LogP contribution < -0.4 is 10.2 Å². The van der Waals surface area contributed by atoms with E-state index in [1.165, 1.54) is 6.07 Å². The van der Waals surface area contributed by atoms with E-state index in [1.54, 1.807) is 6.07 Å². The number of aromatic nitrogens is 2. The van der Waals surface area contributed by atoms with E-state index in [9.17, 15) is 10.1 Å². The van der Waals surface area contributed by atoms with E-state index in [2.05, 4.69) is 25.2 Å². The average molecular weight is 263 g/mol. The van der Waals surface area contributed by atoms with Crippen molar-refractivity contribution < 1.29 is 9.55 Å². The van der Waals surface area contributed by atoms with E-state index in [0.717, 1.165) is 25.2 Å². The molecule has 1 saturated heterocycles. The second-order valence-corrected chi connectivity index (χ2v) is 4.58. The van der Waals surface area contributed by atoms with E-state index >= 15 is 0 Å². The van der Waals surface area contributed by atoms with Crippen LogP contribution in [0.2, 0.25) is 0 Å². The molecule has 0 saturated carbocycles. The summed E-state index contributed by atoms with van der Waals surface area (Å²) in [6.45, 7) is 1.86. The van der Waals surface area contributed by atoms with E-state index in [0.29, 0.717) is 11.6 Å². The molecule has 0 spiro atoms. The predicted molar refractivity (Wildman–Crippen MR) is 68.1 cm³/mol. The fourth-order valence-corrected chi connectivity index (χ4v) is 2.44. The number of likely N-dealkylation sites (N-methyl/N-ethyl adjacent to an activating group) is 1. The molecule has 8 nitrogen and oxygen atoms in total. The van der Waals surface area contributed by atoms with Crippen LogP contribution in [0.25, 0.3) is 11.0 Å². The summed E-state index contributed by atoms with van der Waals surface area (Å²) in [6.07, 6.45) is 1.03. The molecule has 8 heteroatoms. The van der Waals surface area contributed by atoms with Crippen LogP contribution in [0, 0.1) is 10.1 Å². The standard InChI is InChI=1S/C11H13N5O3/c1-15(7-4-5-12-6-7)8-2-3-9(16(17)18)11-10(8)13-19-14-11/h2-3,7,12H,4-6H2,1H3. The molecule has 1 atom stereocenters. The molecule has 2 aromatic rings. The number of nitro benzene ring substituents is 1. The Morgan fingerprint density at radius 2 is 2.26 bits per heavy atom. The molecule has 1 aromatic heterocycles. The average Bonchev–Trinajstić information content (AvgIpc) is 3.07. The SMILES string of the molecule is CN(c1ccc([N+](=O)[O-])c2nonc12)C1CCNC1. The summed E-state index contributed by atoms with van der Waals surface area (Å²) < 4.78 is 4.66. The molecule has 1 unspecified atom stereocenters. The molecular formula is C11H13N5O3. The van der Waals surface area contributed by atoms with Crippen molar-refractivity contribution in [2.75, 3.05) is 25.0 Å². The van der Waals surface area contributed by atoms with Crippen molar-refractivity contribution in [3.63, 3.8) is 0 Å². The van der Waals surface area contributed by atoms with Gasteiger partial charge in [-0.1, -0.05) is 0 Å². The molecule has 1 aliphatic heterocycles. The minimum absolute atomic E-state index is 0.0852. The molecule has 3 rings (SSSR count). The minimum Gasteiger partial charge on any atom is -0.368 e. The zero-order valence-electron chi connectivity index (χ0n) is 10.4. The Morgan fingerprint density at radius 3 is 2.95 bits per heavy atom. The lowest BCUT2D eigenvalue weighted by atomic mass is 10.1. The number of non-ortho nitro benzene ring substituents is 1. The zero-order valence-corrected chi connectivity index (χ0v) is 10.4. The Kier molecular flexibility index (Phi) is 2.79. The maximum absolute atomic E-state index is 10.9. The van der Waals surface area contributed by atoms with Gasteiger partial charge in [0.2, 0.25) is 5.52 Å². The van der Waals surface area contributed by atoms with Crippen LogP contribution in [0.1, 0.15) is 6.42 Å². The summed E-state index contributed by atoms with van der Waals surface area (Å²) in [5.41, 5.74) is 1.34. The molecule has 100 valence electrons. The van der Waals surface area contributed by atoms with E-state index < -0.39 is 4.92 Å². The number of fused-ring (bicyclic) bond motifs is 1. The normalized spacial score (nSPS) is 18.9. The van der Waals surface area contributed by atoms with Crippen molar-refractivity contribution in [3.8, 4) is 0 Å². The topological polar surface area (TPSA) is 97.3 Å². The lowest BCUT2D eigenvalue weighted by molar-refractivity contribution is -0.383. The van der Waals surface area contributed by atoms with Gasteiger partial charge in [-0.05, 0) is 29.3 Å². The van der Waals surface area contributed by atoms with Crippen LogP contribution >= 0.6 is 0 Å². The van der Waals surface area contributed by atoms with Gasteiger partial charge in [0.25, 0.3) is 0 Å². The van der Waals surface area contributed by atoms with E-state index in [-0.39, 0.29) is 11.2 Å². The van der Waals surface area contributed by atoms with Gasteiger partial charge in [-0.25, -0.2) is 4.63 Å². The Labute approximate surface area is 108 Å². The molecular weight excluding hydrogens is 250 g/mol. The van der Waals surface area contributed by atoms with Gasteiger partial charge in [-0.15, -0.1) is 0 Å². The van der Waals surface area contributed by atoms with Crippen molar-refractivity contribution in [2.24, 2.45) is 0 Å². The lowest BCUT2D eigenvalue weighted by Gasteiger charge is -2.25. The Balaban J connectivity index is 2.07. The molecule has 1 aromatic carbocycles. The monoisotopic (exact) mass is 263 g/mol. The number of nitrogens with one attached hydrogen (secondary N) is 1. The van der Waals surface area contributed by atoms with Crippen molar-refractivity contribution in [2.45, 2.75) is 12.5 Å². The number of nitro groups is 1. The van der Waals surface area contributed by atoms with Crippen LogP contribution in [0.15, 0.2) is 16.8 Å². The summed E-state index contributed by atoms with van der Waals surface area (Å²) in [5.74, 6) is 0. The molecule has 0 aliphatic carbocycles. The first-order chi connectivity index (χ1) is 9.18. The van der Waals surface area contributed by atoms with Gasteiger partial charge in [-0.3, -0.25) is 10.1 Å². The largest absolute Gasteiger partial charge is 0.368 e. The fraction of sp³-hybridized carbons (Fsp3) is 0.455. The smallest absolute Gasteiger partial charge is 0.300 e. The van der Waals surface area contributed by atoms with Crippen LogP contribution in [0.3, 0.4) is 0 Å². The molecule has 0 amide bonds. The molecule has 1 aliphatic rings. The fourth-order valence-electron chi connectivity index (χ4n) is 2.44. The number of rotatable bonds is 3. The van der Waals surface area contributed by atoms with E-state index in [4.69, 9.17) is 0 Å². The first-order valence-electron chi connectivity index (χ1n) is 6.01. The zero-order chi connectivity index (χ0) is 13.4. The van der Waals surface area contributed by atoms with Crippen molar-refractivity contribution in [1.82, 2.24) is 15.6 Å². The first-order valence-corrected chi connectivity index (χ1v) is 6.01. The molecule has 19 heavy (non-hydrogen) atoms. The van der Waals surface area contributed by atoms with Gasteiger partial charge in [-0.2, -0.15) is 0 Å². The van der Waals surface area contributed by atoms with Crippen LogP contribution in [0.5, 0.6) is 0 Å². The van der Waals surface area contributed by atoms with Gasteiger partial charge in [0, 0.05) is 25.7 Å². The van der Waals surface area contributed by atoms with Crippen molar-refractivity contribution >= 4 is 22.4 Å². The maximum atomic E-state index is 10.9. The second-order valence-electron chi connectivity index (χ2n) is 4.58. The Morgan fingerprint density at radius 1 is 1.47 bits per heavy atom.